The molecule has 1 amide bonds. The number of carbonyl (C=O) groups excluding carboxylic acids is 1. The molecular formula is C14H22BrClN2OS. The lowest BCUT2D eigenvalue weighted by molar-refractivity contribution is -0.122. The lowest BCUT2D eigenvalue weighted by Crippen LogP contribution is -2.40. The molecular weight excluding hydrogens is 360 g/mol. The number of hydrogen-bond acceptors (Lipinski definition) is 3. The van der Waals surface area contributed by atoms with Crippen molar-refractivity contribution in [3.8, 4) is 0 Å². The number of halogens is 2. The van der Waals surface area contributed by atoms with E-state index in [1.54, 1.807) is 11.8 Å². The smallest absolute Gasteiger partial charge is 0.236 e. The van der Waals surface area contributed by atoms with Crippen LogP contribution in [0.1, 0.15) is 20.3 Å². The van der Waals surface area contributed by atoms with Crippen LogP contribution in [0, 0.1) is 0 Å². The van der Waals surface area contributed by atoms with E-state index >= 15 is 0 Å². The van der Waals surface area contributed by atoms with Crippen molar-refractivity contribution < 1.29 is 4.79 Å². The minimum atomic E-state index is -0.465. The molecule has 0 bridgehead atoms. The summed E-state index contributed by atoms with van der Waals surface area (Å²) in [5.74, 6) is 0.0801. The zero-order valence-electron chi connectivity index (χ0n) is 12.0. The molecule has 0 aliphatic heterocycles. The Hall–Kier alpha value is -0.230. The van der Waals surface area contributed by atoms with Gasteiger partial charge in [-0.2, -0.15) is 0 Å². The second-order valence-electron chi connectivity index (χ2n) is 4.78. The maximum atomic E-state index is 12.1. The van der Waals surface area contributed by atoms with E-state index in [0.29, 0.717) is 6.54 Å². The van der Waals surface area contributed by atoms with Gasteiger partial charge in [0.15, 0.2) is 0 Å². The molecule has 0 saturated heterocycles. The highest BCUT2D eigenvalue weighted by atomic mass is 79.9. The van der Waals surface area contributed by atoms with Gasteiger partial charge in [0.2, 0.25) is 5.91 Å². The van der Waals surface area contributed by atoms with Crippen LogP contribution in [0.3, 0.4) is 0 Å². The van der Waals surface area contributed by atoms with Gasteiger partial charge in [-0.15, -0.1) is 24.2 Å². The van der Waals surface area contributed by atoms with Crippen LogP contribution in [-0.2, 0) is 4.79 Å². The number of amides is 1. The second kappa shape index (κ2) is 9.66. The molecule has 0 aromatic heterocycles. The van der Waals surface area contributed by atoms with Gasteiger partial charge in [0.1, 0.15) is 0 Å². The van der Waals surface area contributed by atoms with Crippen LogP contribution < -0.4 is 10.6 Å². The molecule has 0 unspecified atom stereocenters. The molecule has 1 aromatic rings. The van der Waals surface area contributed by atoms with E-state index in [9.17, 15) is 4.79 Å². The number of benzene rings is 1. The zero-order valence-corrected chi connectivity index (χ0v) is 15.3. The first kappa shape index (κ1) is 19.8. The summed E-state index contributed by atoms with van der Waals surface area (Å²) in [5, 5.41) is 6.04. The molecule has 114 valence electrons. The highest BCUT2D eigenvalue weighted by Crippen LogP contribution is 2.33. The van der Waals surface area contributed by atoms with Crippen molar-refractivity contribution in [2.45, 2.75) is 29.9 Å². The van der Waals surface area contributed by atoms with Crippen molar-refractivity contribution in [3.63, 3.8) is 0 Å². The molecule has 0 atom stereocenters. The molecule has 0 aliphatic rings. The third-order valence-corrected chi connectivity index (χ3v) is 4.35. The summed E-state index contributed by atoms with van der Waals surface area (Å²) >= 11 is 4.99. The first-order chi connectivity index (χ1) is 8.95. The Bertz CT molecular complexity index is 412. The van der Waals surface area contributed by atoms with E-state index in [2.05, 4.69) is 26.6 Å². The molecule has 1 rings (SSSR count). The summed E-state index contributed by atoms with van der Waals surface area (Å²) in [4.78, 5) is 13.2. The maximum absolute atomic E-state index is 12.1. The molecule has 20 heavy (non-hydrogen) atoms. The molecule has 0 aliphatic carbocycles. The summed E-state index contributed by atoms with van der Waals surface area (Å²) in [6, 6.07) is 8.02. The fraction of sp³-hybridized carbons (Fsp3) is 0.500. The third kappa shape index (κ3) is 6.97. The second-order valence-corrected chi connectivity index (χ2v) is 7.39. The Kier molecular flexibility index (Phi) is 9.55. The van der Waals surface area contributed by atoms with Gasteiger partial charge in [0, 0.05) is 15.9 Å². The highest BCUT2D eigenvalue weighted by Gasteiger charge is 2.28. The lowest BCUT2D eigenvalue weighted by atomic mass is 10.2. The number of thioether (sulfide) groups is 1. The van der Waals surface area contributed by atoms with Crippen molar-refractivity contribution in [1.29, 1.82) is 0 Å². The summed E-state index contributed by atoms with van der Waals surface area (Å²) in [7, 11) is 1.91. The van der Waals surface area contributed by atoms with Gasteiger partial charge in [-0.05, 0) is 58.1 Å². The highest BCUT2D eigenvalue weighted by molar-refractivity contribution is 9.10. The van der Waals surface area contributed by atoms with Crippen molar-refractivity contribution >= 4 is 46.0 Å². The van der Waals surface area contributed by atoms with Gasteiger partial charge >= 0.3 is 0 Å². The first-order valence-corrected chi connectivity index (χ1v) is 7.94. The SMILES string of the molecule is CNCCCNC(=O)C(C)(C)Sc1ccc(Br)cc1.Cl. The molecule has 2 N–H and O–H groups in total. The van der Waals surface area contributed by atoms with Crippen LogP contribution in [0.5, 0.6) is 0 Å². The first-order valence-electron chi connectivity index (χ1n) is 6.33. The van der Waals surface area contributed by atoms with Gasteiger partial charge in [-0.25, -0.2) is 0 Å². The quantitative estimate of drug-likeness (QED) is 0.561. The van der Waals surface area contributed by atoms with Crippen LogP contribution in [0.15, 0.2) is 33.6 Å². The van der Waals surface area contributed by atoms with E-state index < -0.39 is 4.75 Å². The van der Waals surface area contributed by atoms with E-state index in [0.717, 1.165) is 22.3 Å². The van der Waals surface area contributed by atoms with Crippen LogP contribution in [0.4, 0.5) is 0 Å². The Morgan fingerprint density at radius 2 is 1.85 bits per heavy atom. The summed E-state index contributed by atoms with van der Waals surface area (Å²) in [6.45, 7) is 5.53. The number of rotatable bonds is 7. The fourth-order valence-electron chi connectivity index (χ4n) is 1.52. The minimum absolute atomic E-state index is 0. The van der Waals surface area contributed by atoms with E-state index in [4.69, 9.17) is 0 Å². The molecule has 1 aromatic carbocycles. The maximum Gasteiger partial charge on any atom is 0.236 e. The number of carbonyl (C=O) groups is 1. The average Bonchev–Trinajstić information content (AvgIpc) is 2.37. The fourth-order valence-corrected chi connectivity index (χ4v) is 2.81. The summed E-state index contributed by atoms with van der Waals surface area (Å²) in [5.41, 5.74) is 0. The topological polar surface area (TPSA) is 41.1 Å². The average molecular weight is 382 g/mol. The van der Waals surface area contributed by atoms with Crippen LogP contribution in [0.25, 0.3) is 0 Å². The van der Waals surface area contributed by atoms with Gasteiger partial charge in [-0.3, -0.25) is 4.79 Å². The normalized spacial score (nSPS) is 10.8. The third-order valence-electron chi connectivity index (χ3n) is 2.62. The monoisotopic (exact) mass is 380 g/mol. The molecule has 0 saturated carbocycles. The largest absolute Gasteiger partial charge is 0.355 e. The number of hydrogen-bond donors (Lipinski definition) is 2. The predicted molar refractivity (Wildman–Crippen MR) is 92.9 cm³/mol. The van der Waals surface area contributed by atoms with Crippen molar-refractivity contribution in [3.05, 3.63) is 28.7 Å². The molecule has 6 heteroatoms. The molecule has 0 spiro atoms. The molecule has 0 fully saturated rings. The van der Waals surface area contributed by atoms with Gasteiger partial charge < -0.3 is 10.6 Å². The standard InChI is InChI=1S/C14H21BrN2OS.ClH/c1-14(2,13(18)17-10-4-9-16-3)19-12-7-5-11(15)6-8-12;/h5-8,16H,4,9-10H2,1-3H3,(H,17,18);1H. The van der Waals surface area contributed by atoms with Crippen molar-refractivity contribution in [2.75, 3.05) is 20.1 Å². The van der Waals surface area contributed by atoms with Gasteiger partial charge in [-0.1, -0.05) is 15.9 Å². The van der Waals surface area contributed by atoms with Crippen molar-refractivity contribution in [1.82, 2.24) is 10.6 Å². The van der Waals surface area contributed by atoms with Gasteiger partial charge in [0.25, 0.3) is 0 Å². The minimum Gasteiger partial charge on any atom is -0.355 e. The summed E-state index contributed by atoms with van der Waals surface area (Å²) in [6.07, 6.45) is 0.946. The molecule has 0 radical (unpaired) electrons. The van der Waals surface area contributed by atoms with Crippen LogP contribution in [0.2, 0.25) is 0 Å². The van der Waals surface area contributed by atoms with Crippen molar-refractivity contribution in [2.24, 2.45) is 0 Å². The van der Waals surface area contributed by atoms with E-state index in [1.165, 1.54) is 0 Å². The van der Waals surface area contributed by atoms with E-state index in [1.807, 2.05) is 45.2 Å². The van der Waals surface area contributed by atoms with E-state index in [-0.39, 0.29) is 18.3 Å². The Balaban J connectivity index is 0.00000361. The molecule has 3 nitrogen and oxygen atoms in total. The lowest BCUT2D eigenvalue weighted by Gasteiger charge is -2.23. The Morgan fingerprint density at radius 1 is 1.25 bits per heavy atom. The Morgan fingerprint density at radius 3 is 2.40 bits per heavy atom. The molecule has 0 heterocycles. The Labute approximate surface area is 140 Å². The predicted octanol–water partition coefficient (Wildman–Crippen LogP) is 3.47. The summed E-state index contributed by atoms with van der Waals surface area (Å²) < 4.78 is 0.583. The van der Waals surface area contributed by atoms with Gasteiger partial charge in [0.05, 0.1) is 4.75 Å². The van der Waals surface area contributed by atoms with Crippen LogP contribution in [-0.4, -0.2) is 30.8 Å². The van der Waals surface area contributed by atoms with Crippen LogP contribution >= 0.6 is 40.1 Å². The zero-order chi connectivity index (χ0) is 14.3. The number of nitrogens with one attached hydrogen (secondary N) is 2.